The molecule has 1 rings (SSSR count). The molecule has 0 unspecified atom stereocenters. The molecule has 0 radical (unpaired) electrons. The van der Waals surface area contributed by atoms with Crippen molar-refractivity contribution in [2.75, 3.05) is 7.11 Å². The maximum Gasteiger partial charge on any atom is 0.330 e. The van der Waals surface area contributed by atoms with E-state index in [1.807, 2.05) is 12.1 Å². The monoisotopic (exact) mass is 277 g/mol. The molecule has 0 saturated heterocycles. The Bertz CT molecular complexity index is 495. The van der Waals surface area contributed by atoms with Crippen molar-refractivity contribution in [2.24, 2.45) is 0 Å². The first-order valence-corrected chi connectivity index (χ1v) is 6.59. The predicted octanol–water partition coefficient (Wildman–Crippen LogP) is 2.67. The molecule has 20 heavy (non-hydrogen) atoms. The van der Waals surface area contributed by atoms with E-state index in [9.17, 15) is 9.59 Å². The molecule has 0 fully saturated rings. The van der Waals surface area contributed by atoms with Crippen LogP contribution in [0.15, 0.2) is 24.3 Å². The summed E-state index contributed by atoms with van der Waals surface area (Å²) in [5.41, 5.74) is 0.672. The van der Waals surface area contributed by atoms with Gasteiger partial charge in [0.25, 0.3) is 5.91 Å². The number of carbonyl (C=O) groups excluding carboxylic acids is 2. The third-order valence-electron chi connectivity index (χ3n) is 3.13. The molecule has 0 aromatic heterocycles. The van der Waals surface area contributed by atoms with E-state index >= 15 is 0 Å². The van der Waals surface area contributed by atoms with E-state index in [1.54, 1.807) is 26.0 Å². The molecule has 4 heteroatoms. The Kier molecular flexibility index (Phi) is 4.58. The normalized spacial score (nSPS) is 11.9. The van der Waals surface area contributed by atoms with Crippen molar-refractivity contribution in [3.05, 3.63) is 35.4 Å². The van der Waals surface area contributed by atoms with Gasteiger partial charge in [-0.2, -0.15) is 0 Å². The van der Waals surface area contributed by atoms with Crippen molar-refractivity contribution in [1.29, 1.82) is 0 Å². The van der Waals surface area contributed by atoms with Gasteiger partial charge in [-0.25, -0.2) is 4.79 Å². The first-order valence-electron chi connectivity index (χ1n) is 6.59. The summed E-state index contributed by atoms with van der Waals surface area (Å²) in [6.45, 7) is 9.56. The number of esters is 1. The Hall–Kier alpha value is -1.84. The zero-order chi connectivity index (χ0) is 15.6. The van der Waals surface area contributed by atoms with Crippen LogP contribution in [-0.4, -0.2) is 24.5 Å². The summed E-state index contributed by atoms with van der Waals surface area (Å²) in [6.07, 6.45) is 0. The van der Waals surface area contributed by atoms with Crippen LogP contribution in [0.3, 0.4) is 0 Å². The SMILES string of the molecule is COC(=O)C(C)(C)NC(=O)c1ccc(C(C)(C)C)cc1. The molecule has 4 nitrogen and oxygen atoms in total. The molecule has 0 atom stereocenters. The summed E-state index contributed by atoms with van der Waals surface area (Å²) >= 11 is 0. The van der Waals surface area contributed by atoms with Gasteiger partial charge >= 0.3 is 5.97 Å². The number of nitrogens with one attached hydrogen (secondary N) is 1. The first-order chi connectivity index (χ1) is 9.08. The highest BCUT2D eigenvalue weighted by atomic mass is 16.5. The largest absolute Gasteiger partial charge is 0.467 e. The predicted molar refractivity (Wildman–Crippen MR) is 78.7 cm³/mol. The summed E-state index contributed by atoms with van der Waals surface area (Å²) < 4.78 is 4.66. The standard InChI is InChI=1S/C16H23NO3/c1-15(2,3)12-9-7-11(8-10-12)13(18)17-16(4,5)14(19)20-6/h7-10H,1-6H3,(H,17,18). The van der Waals surface area contributed by atoms with Crippen molar-refractivity contribution in [1.82, 2.24) is 5.32 Å². The van der Waals surface area contributed by atoms with Crippen LogP contribution in [0.5, 0.6) is 0 Å². The van der Waals surface area contributed by atoms with Gasteiger partial charge in [-0.3, -0.25) is 4.79 Å². The van der Waals surface area contributed by atoms with Gasteiger partial charge in [0.05, 0.1) is 7.11 Å². The number of benzene rings is 1. The minimum Gasteiger partial charge on any atom is -0.467 e. The lowest BCUT2D eigenvalue weighted by Gasteiger charge is -2.23. The van der Waals surface area contributed by atoms with Gasteiger partial charge in [0.2, 0.25) is 0 Å². The summed E-state index contributed by atoms with van der Waals surface area (Å²) in [6, 6.07) is 7.40. The summed E-state index contributed by atoms with van der Waals surface area (Å²) in [7, 11) is 1.30. The highest BCUT2D eigenvalue weighted by Crippen LogP contribution is 2.22. The minimum absolute atomic E-state index is 0.0420. The van der Waals surface area contributed by atoms with Crippen LogP contribution in [0.25, 0.3) is 0 Å². The molecule has 0 saturated carbocycles. The van der Waals surface area contributed by atoms with Gasteiger partial charge in [-0.1, -0.05) is 32.9 Å². The van der Waals surface area contributed by atoms with Crippen LogP contribution >= 0.6 is 0 Å². The summed E-state index contributed by atoms with van der Waals surface area (Å²) in [5.74, 6) is -0.766. The van der Waals surface area contributed by atoms with E-state index in [0.717, 1.165) is 5.56 Å². The van der Waals surface area contributed by atoms with Crippen LogP contribution < -0.4 is 5.32 Å². The average molecular weight is 277 g/mol. The number of ether oxygens (including phenoxy) is 1. The Labute approximate surface area is 120 Å². The van der Waals surface area contributed by atoms with E-state index in [-0.39, 0.29) is 11.3 Å². The molecule has 1 amide bonds. The topological polar surface area (TPSA) is 55.4 Å². The number of carbonyl (C=O) groups is 2. The molecule has 0 heterocycles. The Morgan fingerprint density at radius 2 is 1.50 bits per heavy atom. The summed E-state index contributed by atoms with van der Waals surface area (Å²) in [4.78, 5) is 23.7. The molecule has 1 aromatic carbocycles. The van der Waals surface area contributed by atoms with Crippen LogP contribution in [0.4, 0.5) is 0 Å². The number of hydrogen-bond acceptors (Lipinski definition) is 3. The fraction of sp³-hybridized carbons (Fsp3) is 0.500. The van der Waals surface area contributed by atoms with Crippen LogP contribution in [0, 0.1) is 0 Å². The average Bonchev–Trinajstić information content (AvgIpc) is 2.36. The van der Waals surface area contributed by atoms with E-state index in [4.69, 9.17) is 0 Å². The van der Waals surface area contributed by atoms with Gasteiger partial charge in [0, 0.05) is 5.56 Å². The quantitative estimate of drug-likeness (QED) is 0.864. The Morgan fingerprint density at radius 1 is 1.00 bits per heavy atom. The lowest BCUT2D eigenvalue weighted by Crippen LogP contribution is -2.50. The fourth-order valence-electron chi connectivity index (χ4n) is 1.78. The van der Waals surface area contributed by atoms with Crippen LogP contribution in [0.1, 0.15) is 50.5 Å². The van der Waals surface area contributed by atoms with E-state index in [1.165, 1.54) is 7.11 Å². The molecule has 0 spiro atoms. The highest BCUT2D eigenvalue weighted by Gasteiger charge is 2.30. The van der Waals surface area contributed by atoms with Crippen molar-refractivity contribution in [3.8, 4) is 0 Å². The van der Waals surface area contributed by atoms with E-state index < -0.39 is 11.5 Å². The molecule has 1 aromatic rings. The Balaban J connectivity index is 2.86. The van der Waals surface area contributed by atoms with Gasteiger partial charge in [0.15, 0.2) is 0 Å². The number of amides is 1. The minimum atomic E-state index is -1.05. The van der Waals surface area contributed by atoms with Crippen LogP contribution in [-0.2, 0) is 14.9 Å². The second-order valence-electron chi connectivity index (χ2n) is 6.40. The van der Waals surface area contributed by atoms with Crippen molar-refractivity contribution in [2.45, 2.75) is 45.6 Å². The third-order valence-corrected chi connectivity index (χ3v) is 3.13. The Morgan fingerprint density at radius 3 is 1.90 bits per heavy atom. The molecule has 0 aliphatic carbocycles. The van der Waals surface area contributed by atoms with Gasteiger partial charge in [-0.05, 0) is 37.0 Å². The van der Waals surface area contributed by atoms with E-state index in [0.29, 0.717) is 5.56 Å². The van der Waals surface area contributed by atoms with Crippen LogP contribution in [0.2, 0.25) is 0 Å². The molecule has 0 aliphatic heterocycles. The highest BCUT2D eigenvalue weighted by molar-refractivity contribution is 5.97. The molecule has 0 bridgehead atoms. The van der Waals surface area contributed by atoms with Gasteiger partial charge in [0.1, 0.15) is 5.54 Å². The molecular formula is C16H23NO3. The maximum absolute atomic E-state index is 12.1. The van der Waals surface area contributed by atoms with E-state index in [2.05, 4.69) is 30.8 Å². The molecule has 1 N–H and O–H groups in total. The second kappa shape index (κ2) is 5.65. The number of methoxy groups -OCH3 is 1. The molecule has 0 aliphatic rings. The van der Waals surface area contributed by atoms with Gasteiger partial charge < -0.3 is 10.1 Å². The van der Waals surface area contributed by atoms with Gasteiger partial charge in [-0.15, -0.1) is 0 Å². The fourth-order valence-corrected chi connectivity index (χ4v) is 1.78. The lowest BCUT2D eigenvalue weighted by molar-refractivity contribution is -0.146. The van der Waals surface area contributed by atoms with Crippen molar-refractivity contribution < 1.29 is 14.3 Å². The maximum atomic E-state index is 12.1. The summed E-state index contributed by atoms with van der Waals surface area (Å²) in [5, 5.41) is 2.67. The smallest absolute Gasteiger partial charge is 0.330 e. The number of rotatable bonds is 3. The van der Waals surface area contributed by atoms with Crippen molar-refractivity contribution >= 4 is 11.9 Å². The second-order valence-corrected chi connectivity index (χ2v) is 6.40. The molecule has 110 valence electrons. The number of hydrogen-bond donors (Lipinski definition) is 1. The van der Waals surface area contributed by atoms with Crippen molar-refractivity contribution in [3.63, 3.8) is 0 Å². The lowest BCUT2D eigenvalue weighted by atomic mass is 9.86. The third kappa shape index (κ3) is 3.83. The zero-order valence-electron chi connectivity index (χ0n) is 13.0. The zero-order valence-corrected chi connectivity index (χ0v) is 13.0. The first kappa shape index (κ1) is 16.2. The molecular weight excluding hydrogens is 254 g/mol.